The van der Waals surface area contributed by atoms with Gasteiger partial charge in [-0.15, -0.1) is 0 Å². The summed E-state index contributed by atoms with van der Waals surface area (Å²) in [6, 6.07) is 5.51. The molecular weight excluding hydrogens is 362 g/mol. The minimum atomic E-state index is -0.283. The summed E-state index contributed by atoms with van der Waals surface area (Å²) in [4.78, 5) is 28.0. The normalized spacial score (nSPS) is 15.6. The smallest absolute Gasteiger partial charge is 0.409 e. The van der Waals surface area contributed by atoms with Gasteiger partial charge in [0.15, 0.2) is 11.5 Å². The lowest BCUT2D eigenvalue weighted by Crippen LogP contribution is -2.55. The van der Waals surface area contributed by atoms with Crippen molar-refractivity contribution >= 4 is 12.0 Å². The summed E-state index contributed by atoms with van der Waals surface area (Å²) < 4.78 is 15.6. The second kappa shape index (κ2) is 10.8. The van der Waals surface area contributed by atoms with Gasteiger partial charge >= 0.3 is 6.09 Å². The van der Waals surface area contributed by atoms with Crippen LogP contribution in [-0.2, 0) is 16.0 Å². The van der Waals surface area contributed by atoms with Crippen molar-refractivity contribution in [2.24, 2.45) is 0 Å². The number of methoxy groups -OCH3 is 2. The van der Waals surface area contributed by atoms with E-state index in [1.54, 1.807) is 26.0 Å². The topological polar surface area (TPSA) is 80.3 Å². The molecule has 1 aromatic carbocycles. The average molecular weight is 393 g/mol. The van der Waals surface area contributed by atoms with Gasteiger partial charge in [-0.3, -0.25) is 9.69 Å². The number of ether oxygens (including phenoxy) is 3. The van der Waals surface area contributed by atoms with Crippen LogP contribution in [-0.4, -0.2) is 81.4 Å². The first-order valence-corrected chi connectivity index (χ1v) is 9.64. The van der Waals surface area contributed by atoms with Crippen molar-refractivity contribution in [3.8, 4) is 11.5 Å². The van der Waals surface area contributed by atoms with Gasteiger partial charge in [-0.25, -0.2) is 4.79 Å². The van der Waals surface area contributed by atoms with Crippen LogP contribution in [0.1, 0.15) is 19.4 Å². The van der Waals surface area contributed by atoms with Crippen LogP contribution in [0.5, 0.6) is 11.5 Å². The number of carbonyl (C=O) groups is 2. The van der Waals surface area contributed by atoms with Gasteiger partial charge in [-0.1, -0.05) is 6.07 Å². The van der Waals surface area contributed by atoms with Crippen molar-refractivity contribution in [3.63, 3.8) is 0 Å². The molecule has 0 bridgehead atoms. The maximum absolute atomic E-state index is 12.5. The molecule has 1 fully saturated rings. The fraction of sp³-hybridized carbons (Fsp3) is 0.600. The molecule has 1 aliphatic heterocycles. The van der Waals surface area contributed by atoms with Crippen LogP contribution in [0.3, 0.4) is 0 Å². The molecule has 1 atom stereocenters. The van der Waals surface area contributed by atoms with E-state index in [4.69, 9.17) is 14.2 Å². The van der Waals surface area contributed by atoms with Gasteiger partial charge in [0.2, 0.25) is 5.91 Å². The molecule has 156 valence electrons. The summed E-state index contributed by atoms with van der Waals surface area (Å²) in [5, 5.41) is 2.99. The number of amides is 2. The molecule has 28 heavy (non-hydrogen) atoms. The maximum Gasteiger partial charge on any atom is 0.409 e. The van der Waals surface area contributed by atoms with Crippen molar-refractivity contribution < 1.29 is 23.8 Å². The lowest BCUT2D eigenvalue weighted by Gasteiger charge is -2.36. The molecule has 0 spiro atoms. The zero-order chi connectivity index (χ0) is 20.5. The fourth-order valence-corrected chi connectivity index (χ4v) is 3.19. The van der Waals surface area contributed by atoms with Crippen molar-refractivity contribution in [3.05, 3.63) is 23.8 Å². The van der Waals surface area contributed by atoms with Crippen molar-refractivity contribution in [1.29, 1.82) is 0 Å². The Morgan fingerprint density at radius 1 is 1.11 bits per heavy atom. The number of rotatable bonds is 8. The summed E-state index contributed by atoms with van der Waals surface area (Å²) in [6.07, 6.45) is 0.421. The molecule has 0 radical (unpaired) electrons. The van der Waals surface area contributed by atoms with Gasteiger partial charge in [-0.05, 0) is 38.0 Å². The summed E-state index contributed by atoms with van der Waals surface area (Å²) in [7, 11) is 3.21. The number of nitrogens with one attached hydrogen (secondary N) is 1. The average Bonchev–Trinajstić information content (AvgIpc) is 2.73. The van der Waals surface area contributed by atoms with Crippen LogP contribution >= 0.6 is 0 Å². The van der Waals surface area contributed by atoms with Crippen molar-refractivity contribution in [2.45, 2.75) is 26.3 Å². The van der Waals surface area contributed by atoms with Gasteiger partial charge in [0.05, 0.1) is 26.9 Å². The Bertz CT molecular complexity index is 659. The number of hydrogen-bond donors (Lipinski definition) is 1. The molecule has 0 aliphatic carbocycles. The van der Waals surface area contributed by atoms with E-state index in [1.807, 2.05) is 25.1 Å². The minimum absolute atomic E-state index is 0.00920. The second-order valence-corrected chi connectivity index (χ2v) is 6.63. The Balaban J connectivity index is 1.76. The molecule has 1 saturated heterocycles. The van der Waals surface area contributed by atoms with Crippen LogP contribution in [0.15, 0.2) is 18.2 Å². The molecular formula is C20H31N3O5. The molecule has 2 rings (SSSR count). The summed E-state index contributed by atoms with van der Waals surface area (Å²) >= 11 is 0. The molecule has 1 aromatic rings. The first-order valence-electron chi connectivity index (χ1n) is 9.64. The van der Waals surface area contributed by atoms with E-state index in [-0.39, 0.29) is 18.0 Å². The third-order valence-electron chi connectivity index (χ3n) is 4.93. The Labute approximate surface area is 166 Å². The zero-order valence-electron chi connectivity index (χ0n) is 17.2. The lowest BCUT2D eigenvalue weighted by molar-refractivity contribution is -0.126. The largest absolute Gasteiger partial charge is 0.493 e. The molecule has 1 unspecified atom stereocenters. The number of hydrogen-bond acceptors (Lipinski definition) is 6. The van der Waals surface area contributed by atoms with E-state index >= 15 is 0 Å². The first-order chi connectivity index (χ1) is 13.5. The van der Waals surface area contributed by atoms with Gasteiger partial charge in [0.25, 0.3) is 0 Å². The zero-order valence-corrected chi connectivity index (χ0v) is 17.2. The standard InChI is InChI=1S/C20H31N3O5/c1-5-28-20(25)23-12-10-22(11-13-23)15(2)19(24)21-9-8-16-6-7-17(26-3)18(14-16)27-4/h6-7,14-15H,5,8-13H2,1-4H3,(H,21,24). The molecule has 8 heteroatoms. The summed E-state index contributed by atoms with van der Waals surface area (Å²) in [6.45, 7) is 7.06. The highest BCUT2D eigenvalue weighted by molar-refractivity contribution is 5.81. The number of benzene rings is 1. The second-order valence-electron chi connectivity index (χ2n) is 6.63. The van der Waals surface area contributed by atoms with Crippen molar-refractivity contribution in [1.82, 2.24) is 15.1 Å². The highest BCUT2D eigenvalue weighted by Crippen LogP contribution is 2.27. The molecule has 0 aromatic heterocycles. The van der Waals surface area contributed by atoms with Crippen LogP contribution < -0.4 is 14.8 Å². The SMILES string of the molecule is CCOC(=O)N1CCN(C(C)C(=O)NCCc2ccc(OC)c(OC)c2)CC1. The van der Waals surface area contributed by atoms with E-state index in [0.29, 0.717) is 57.3 Å². The molecule has 1 N–H and O–H groups in total. The molecule has 2 amide bonds. The van der Waals surface area contributed by atoms with Crippen molar-refractivity contribution in [2.75, 3.05) is 53.6 Å². The Kier molecular flexibility index (Phi) is 8.38. The quantitative estimate of drug-likeness (QED) is 0.721. The van der Waals surface area contributed by atoms with Crippen LogP contribution in [0.2, 0.25) is 0 Å². The third-order valence-corrected chi connectivity index (χ3v) is 4.93. The third kappa shape index (κ3) is 5.76. The number of carbonyl (C=O) groups excluding carboxylic acids is 2. The molecule has 0 saturated carbocycles. The first kappa shape index (κ1) is 21.8. The summed E-state index contributed by atoms with van der Waals surface area (Å²) in [5.74, 6) is 1.36. The lowest BCUT2D eigenvalue weighted by atomic mass is 10.1. The molecule has 1 aliphatic rings. The fourth-order valence-electron chi connectivity index (χ4n) is 3.19. The van der Waals surface area contributed by atoms with Crippen LogP contribution in [0.25, 0.3) is 0 Å². The Hall–Kier alpha value is -2.48. The van der Waals surface area contributed by atoms with Crippen LogP contribution in [0.4, 0.5) is 4.79 Å². The summed E-state index contributed by atoms with van der Waals surface area (Å²) in [5.41, 5.74) is 1.06. The maximum atomic E-state index is 12.5. The number of piperazine rings is 1. The predicted octanol–water partition coefficient (Wildman–Crippen LogP) is 1.53. The predicted molar refractivity (Wildman–Crippen MR) is 106 cm³/mol. The van der Waals surface area contributed by atoms with E-state index in [0.717, 1.165) is 5.56 Å². The van der Waals surface area contributed by atoms with Gasteiger partial charge < -0.3 is 24.4 Å². The van der Waals surface area contributed by atoms with E-state index in [9.17, 15) is 9.59 Å². The van der Waals surface area contributed by atoms with Gasteiger partial charge in [-0.2, -0.15) is 0 Å². The Morgan fingerprint density at radius 2 is 1.79 bits per heavy atom. The van der Waals surface area contributed by atoms with E-state index in [2.05, 4.69) is 10.2 Å². The highest BCUT2D eigenvalue weighted by Gasteiger charge is 2.27. The minimum Gasteiger partial charge on any atom is -0.493 e. The van der Waals surface area contributed by atoms with E-state index < -0.39 is 0 Å². The van der Waals surface area contributed by atoms with Crippen LogP contribution in [0, 0.1) is 0 Å². The monoisotopic (exact) mass is 393 g/mol. The number of nitrogens with zero attached hydrogens (tertiary/aromatic N) is 2. The Morgan fingerprint density at radius 3 is 2.39 bits per heavy atom. The van der Waals surface area contributed by atoms with Gasteiger partial charge in [0, 0.05) is 32.7 Å². The van der Waals surface area contributed by atoms with Gasteiger partial charge in [0.1, 0.15) is 0 Å². The highest BCUT2D eigenvalue weighted by atomic mass is 16.6. The van der Waals surface area contributed by atoms with E-state index in [1.165, 1.54) is 0 Å². The molecule has 1 heterocycles. The molecule has 8 nitrogen and oxygen atoms in total.